The zero-order valence-corrected chi connectivity index (χ0v) is 12.0. The Labute approximate surface area is 127 Å². The fraction of sp³-hybridized carbons (Fsp3) is 0.125. The SMILES string of the molecule is O=C(COC(=O)c1ccccc1Cl)NCc1ccccc1. The highest BCUT2D eigenvalue weighted by Gasteiger charge is 2.12. The number of carbonyl (C=O) groups excluding carboxylic acids is 2. The van der Waals surface area contributed by atoms with E-state index >= 15 is 0 Å². The highest BCUT2D eigenvalue weighted by Crippen LogP contribution is 2.15. The number of halogens is 1. The molecule has 0 saturated heterocycles. The van der Waals surface area contributed by atoms with Crippen molar-refractivity contribution in [3.8, 4) is 0 Å². The van der Waals surface area contributed by atoms with Crippen molar-refractivity contribution in [3.05, 3.63) is 70.7 Å². The van der Waals surface area contributed by atoms with Gasteiger partial charge in [0.1, 0.15) is 0 Å². The lowest BCUT2D eigenvalue weighted by Gasteiger charge is -2.07. The summed E-state index contributed by atoms with van der Waals surface area (Å²) in [5.74, 6) is -0.977. The van der Waals surface area contributed by atoms with E-state index in [9.17, 15) is 9.59 Å². The van der Waals surface area contributed by atoms with Crippen molar-refractivity contribution in [1.29, 1.82) is 0 Å². The van der Waals surface area contributed by atoms with Crippen LogP contribution in [0.1, 0.15) is 15.9 Å². The first-order valence-corrected chi connectivity index (χ1v) is 6.77. The van der Waals surface area contributed by atoms with Crippen molar-refractivity contribution >= 4 is 23.5 Å². The maximum Gasteiger partial charge on any atom is 0.340 e. The van der Waals surface area contributed by atoms with Crippen molar-refractivity contribution in [2.24, 2.45) is 0 Å². The number of ether oxygens (including phenoxy) is 1. The smallest absolute Gasteiger partial charge is 0.340 e. The zero-order valence-electron chi connectivity index (χ0n) is 11.2. The van der Waals surface area contributed by atoms with Crippen LogP contribution in [0.3, 0.4) is 0 Å². The molecular weight excluding hydrogens is 290 g/mol. The third-order valence-electron chi connectivity index (χ3n) is 2.76. The molecule has 0 fully saturated rings. The Hall–Kier alpha value is -2.33. The Morgan fingerprint density at radius 3 is 2.38 bits per heavy atom. The van der Waals surface area contributed by atoms with E-state index < -0.39 is 5.97 Å². The monoisotopic (exact) mass is 303 g/mol. The molecule has 2 aromatic rings. The van der Waals surface area contributed by atoms with E-state index in [1.165, 1.54) is 0 Å². The lowest BCUT2D eigenvalue weighted by Crippen LogP contribution is -2.28. The first-order chi connectivity index (χ1) is 10.2. The number of hydrogen-bond donors (Lipinski definition) is 1. The molecule has 0 bridgehead atoms. The number of rotatable bonds is 5. The molecule has 2 aromatic carbocycles. The van der Waals surface area contributed by atoms with Crippen LogP contribution in [0.25, 0.3) is 0 Å². The molecule has 0 heterocycles. The van der Waals surface area contributed by atoms with Crippen LogP contribution < -0.4 is 5.32 Å². The van der Waals surface area contributed by atoms with Gasteiger partial charge in [0.2, 0.25) is 0 Å². The molecule has 0 aliphatic rings. The van der Waals surface area contributed by atoms with Gasteiger partial charge in [0.05, 0.1) is 10.6 Å². The topological polar surface area (TPSA) is 55.4 Å². The van der Waals surface area contributed by atoms with Crippen LogP contribution in [0.5, 0.6) is 0 Å². The van der Waals surface area contributed by atoms with Crippen LogP contribution in [0.2, 0.25) is 5.02 Å². The van der Waals surface area contributed by atoms with E-state index in [4.69, 9.17) is 16.3 Å². The number of carbonyl (C=O) groups is 2. The van der Waals surface area contributed by atoms with Crippen molar-refractivity contribution in [2.45, 2.75) is 6.54 Å². The molecule has 0 aliphatic heterocycles. The van der Waals surface area contributed by atoms with E-state index in [2.05, 4.69) is 5.32 Å². The molecule has 5 heteroatoms. The van der Waals surface area contributed by atoms with Crippen LogP contribution >= 0.6 is 11.6 Å². The maximum absolute atomic E-state index is 11.8. The van der Waals surface area contributed by atoms with Gasteiger partial charge >= 0.3 is 5.97 Å². The van der Waals surface area contributed by atoms with Crippen molar-refractivity contribution < 1.29 is 14.3 Å². The molecule has 0 spiro atoms. The van der Waals surface area contributed by atoms with Gasteiger partial charge in [0.25, 0.3) is 5.91 Å². The standard InChI is InChI=1S/C16H14ClNO3/c17-14-9-5-4-8-13(14)16(20)21-11-15(19)18-10-12-6-2-1-3-7-12/h1-9H,10-11H2,(H,18,19). The second-order valence-corrected chi connectivity index (χ2v) is 4.73. The van der Waals surface area contributed by atoms with Crippen molar-refractivity contribution in [2.75, 3.05) is 6.61 Å². The van der Waals surface area contributed by atoms with Gasteiger partial charge in [-0.3, -0.25) is 4.79 Å². The second kappa shape index (κ2) is 7.45. The van der Waals surface area contributed by atoms with Crippen molar-refractivity contribution in [1.82, 2.24) is 5.32 Å². The third-order valence-corrected chi connectivity index (χ3v) is 3.09. The molecule has 0 aliphatic carbocycles. The number of amides is 1. The molecule has 1 N–H and O–H groups in total. The largest absolute Gasteiger partial charge is 0.452 e. The molecule has 0 aromatic heterocycles. The van der Waals surface area contributed by atoms with E-state index in [0.717, 1.165) is 5.56 Å². The summed E-state index contributed by atoms with van der Waals surface area (Å²) >= 11 is 5.87. The normalized spacial score (nSPS) is 9.95. The molecule has 108 valence electrons. The van der Waals surface area contributed by atoms with Crippen LogP contribution in [0.15, 0.2) is 54.6 Å². The van der Waals surface area contributed by atoms with Crippen LogP contribution in [0, 0.1) is 0 Å². The number of nitrogens with one attached hydrogen (secondary N) is 1. The van der Waals surface area contributed by atoms with E-state index in [0.29, 0.717) is 11.6 Å². The average Bonchev–Trinajstić information content (AvgIpc) is 2.52. The predicted octanol–water partition coefficient (Wildman–Crippen LogP) is 2.81. The van der Waals surface area contributed by atoms with Gasteiger partial charge in [0.15, 0.2) is 6.61 Å². The van der Waals surface area contributed by atoms with Gasteiger partial charge in [0, 0.05) is 6.54 Å². The fourth-order valence-electron chi connectivity index (χ4n) is 1.68. The fourth-order valence-corrected chi connectivity index (χ4v) is 1.90. The summed E-state index contributed by atoms with van der Waals surface area (Å²) in [6.07, 6.45) is 0. The van der Waals surface area contributed by atoms with E-state index in [1.807, 2.05) is 30.3 Å². The minimum atomic E-state index is -0.615. The minimum absolute atomic E-state index is 0.245. The van der Waals surface area contributed by atoms with Crippen molar-refractivity contribution in [3.63, 3.8) is 0 Å². The lowest BCUT2D eigenvalue weighted by atomic mass is 10.2. The van der Waals surface area contributed by atoms with Crippen LogP contribution in [0.4, 0.5) is 0 Å². The van der Waals surface area contributed by atoms with Gasteiger partial charge in [-0.1, -0.05) is 54.1 Å². The molecule has 0 saturated carbocycles. The lowest BCUT2D eigenvalue weighted by molar-refractivity contribution is -0.124. The van der Waals surface area contributed by atoms with Gasteiger partial charge in [-0.05, 0) is 17.7 Å². The first-order valence-electron chi connectivity index (χ1n) is 6.39. The van der Waals surface area contributed by atoms with Gasteiger partial charge in [-0.2, -0.15) is 0 Å². The number of benzene rings is 2. The Kier molecular flexibility index (Phi) is 5.35. The van der Waals surface area contributed by atoms with Gasteiger partial charge in [-0.15, -0.1) is 0 Å². The Bertz CT molecular complexity index is 628. The zero-order chi connectivity index (χ0) is 15.1. The summed E-state index contributed by atoms with van der Waals surface area (Å²) in [6, 6.07) is 16.0. The summed E-state index contributed by atoms with van der Waals surface area (Å²) in [5, 5.41) is 2.97. The molecule has 0 radical (unpaired) electrons. The Balaban J connectivity index is 1.79. The molecule has 0 unspecified atom stereocenters. The number of esters is 1. The van der Waals surface area contributed by atoms with E-state index in [1.54, 1.807) is 24.3 Å². The van der Waals surface area contributed by atoms with Crippen LogP contribution in [-0.2, 0) is 16.1 Å². The number of hydrogen-bond acceptors (Lipinski definition) is 3. The highest BCUT2D eigenvalue weighted by molar-refractivity contribution is 6.33. The molecular formula is C16H14ClNO3. The second-order valence-electron chi connectivity index (χ2n) is 4.32. The molecule has 4 nitrogen and oxygen atoms in total. The Morgan fingerprint density at radius 1 is 1.00 bits per heavy atom. The summed E-state index contributed by atoms with van der Waals surface area (Å²) in [6.45, 7) is 0.0558. The summed E-state index contributed by atoms with van der Waals surface area (Å²) in [7, 11) is 0. The van der Waals surface area contributed by atoms with Gasteiger partial charge < -0.3 is 10.1 Å². The predicted molar refractivity (Wildman–Crippen MR) is 80.0 cm³/mol. The third kappa shape index (κ3) is 4.61. The van der Waals surface area contributed by atoms with Gasteiger partial charge in [-0.25, -0.2) is 4.79 Å². The first kappa shape index (κ1) is 15.1. The minimum Gasteiger partial charge on any atom is -0.452 e. The quantitative estimate of drug-likeness (QED) is 0.864. The molecule has 21 heavy (non-hydrogen) atoms. The molecule has 1 amide bonds. The van der Waals surface area contributed by atoms with E-state index in [-0.39, 0.29) is 18.1 Å². The summed E-state index contributed by atoms with van der Waals surface area (Å²) in [5.41, 5.74) is 1.22. The van der Waals surface area contributed by atoms with Crippen LogP contribution in [-0.4, -0.2) is 18.5 Å². The molecule has 2 rings (SSSR count). The highest BCUT2D eigenvalue weighted by atomic mass is 35.5. The Morgan fingerprint density at radius 2 is 1.67 bits per heavy atom. The maximum atomic E-state index is 11.8. The molecule has 0 atom stereocenters. The average molecular weight is 304 g/mol. The summed E-state index contributed by atoms with van der Waals surface area (Å²) < 4.78 is 4.92. The summed E-state index contributed by atoms with van der Waals surface area (Å²) in [4.78, 5) is 23.4.